The molecule has 0 unspecified atom stereocenters. The van der Waals surface area contributed by atoms with E-state index in [4.69, 9.17) is 5.26 Å². The normalized spacial score (nSPS) is 14.1. The molecule has 1 aliphatic rings. The van der Waals surface area contributed by atoms with Crippen LogP contribution in [0.3, 0.4) is 0 Å². The summed E-state index contributed by atoms with van der Waals surface area (Å²) in [6.07, 6.45) is 1.58. The predicted molar refractivity (Wildman–Crippen MR) is 91.4 cm³/mol. The second-order valence-corrected chi connectivity index (χ2v) is 5.64. The standard InChI is InChI=1S/C18H19N5O/c19-12-16-6-7-17(20-14-16)22-8-10-23(11-9-22)18(24)21-13-15-4-2-1-3-5-15/h1-7,14H,8-11,13H2,(H,21,24). The fourth-order valence-corrected chi connectivity index (χ4v) is 2.66. The minimum Gasteiger partial charge on any atom is -0.353 e. The SMILES string of the molecule is N#Cc1ccc(N2CCN(C(=O)NCc3ccccc3)CC2)nc1. The Kier molecular flexibility index (Phi) is 4.92. The van der Waals surface area contributed by atoms with Gasteiger partial charge in [-0.15, -0.1) is 0 Å². The van der Waals surface area contributed by atoms with Crippen molar-refractivity contribution in [3.05, 3.63) is 59.8 Å². The molecule has 1 saturated heterocycles. The topological polar surface area (TPSA) is 72.3 Å². The van der Waals surface area contributed by atoms with Gasteiger partial charge >= 0.3 is 6.03 Å². The second-order valence-electron chi connectivity index (χ2n) is 5.64. The van der Waals surface area contributed by atoms with Gasteiger partial charge in [0.2, 0.25) is 0 Å². The maximum Gasteiger partial charge on any atom is 0.317 e. The Hall–Kier alpha value is -3.07. The third kappa shape index (κ3) is 3.82. The van der Waals surface area contributed by atoms with Gasteiger partial charge in [-0.05, 0) is 17.7 Å². The predicted octanol–water partition coefficient (Wildman–Crippen LogP) is 1.99. The molecule has 0 saturated carbocycles. The van der Waals surface area contributed by atoms with Crippen molar-refractivity contribution in [3.8, 4) is 6.07 Å². The van der Waals surface area contributed by atoms with Crippen LogP contribution in [-0.2, 0) is 6.54 Å². The molecule has 6 nitrogen and oxygen atoms in total. The van der Waals surface area contributed by atoms with Crippen LogP contribution in [-0.4, -0.2) is 42.1 Å². The Labute approximate surface area is 141 Å². The lowest BCUT2D eigenvalue weighted by atomic mass is 10.2. The molecular weight excluding hydrogens is 302 g/mol. The Morgan fingerprint density at radius 2 is 1.88 bits per heavy atom. The first-order valence-corrected chi connectivity index (χ1v) is 7.94. The van der Waals surface area contributed by atoms with E-state index in [0.29, 0.717) is 25.2 Å². The number of anilines is 1. The molecule has 0 atom stereocenters. The van der Waals surface area contributed by atoms with Gasteiger partial charge < -0.3 is 15.1 Å². The summed E-state index contributed by atoms with van der Waals surface area (Å²) in [6, 6.07) is 15.5. The van der Waals surface area contributed by atoms with Crippen LogP contribution in [0.15, 0.2) is 48.7 Å². The van der Waals surface area contributed by atoms with Gasteiger partial charge in [0, 0.05) is 38.9 Å². The molecule has 6 heteroatoms. The van der Waals surface area contributed by atoms with Crippen molar-refractivity contribution in [1.29, 1.82) is 5.26 Å². The first-order valence-electron chi connectivity index (χ1n) is 7.94. The molecule has 122 valence electrons. The number of aromatic nitrogens is 1. The average molecular weight is 321 g/mol. The molecule has 0 radical (unpaired) electrons. The zero-order valence-electron chi connectivity index (χ0n) is 13.4. The first kappa shape index (κ1) is 15.8. The Balaban J connectivity index is 1.49. The van der Waals surface area contributed by atoms with E-state index in [1.807, 2.05) is 41.3 Å². The van der Waals surface area contributed by atoms with E-state index < -0.39 is 0 Å². The van der Waals surface area contributed by atoms with Crippen molar-refractivity contribution in [2.75, 3.05) is 31.1 Å². The summed E-state index contributed by atoms with van der Waals surface area (Å²) in [5.41, 5.74) is 1.64. The van der Waals surface area contributed by atoms with Crippen molar-refractivity contribution in [3.63, 3.8) is 0 Å². The summed E-state index contributed by atoms with van der Waals surface area (Å²) in [4.78, 5) is 20.5. The number of nitrogens with one attached hydrogen (secondary N) is 1. The van der Waals surface area contributed by atoms with E-state index in [9.17, 15) is 4.79 Å². The van der Waals surface area contributed by atoms with Gasteiger partial charge in [-0.1, -0.05) is 30.3 Å². The number of rotatable bonds is 3. The van der Waals surface area contributed by atoms with Gasteiger partial charge in [-0.25, -0.2) is 9.78 Å². The molecule has 0 aliphatic carbocycles. The van der Waals surface area contributed by atoms with E-state index >= 15 is 0 Å². The summed E-state index contributed by atoms with van der Waals surface area (Å²) in [6.45, 7) is 3.32. The maximum atomic E-state index is 12.2. The lowest BCUT2D eigenvalue weighted by molar-refractivity contribution is 0.194. The minimum absolute atomic E-state index is 0.0358. The van der Waals surface area contributed by atoms with Crippen LogP contribution in [0.25, 0.3) is 0 Å². The average Bonchev–Trinajstić information content (AvgIpc) is 2.67. The number of nitriles is 1. The number of benzene rings is 1. The zero-order valence-corrected chi connectivity index (χ0v) is 13.4. The molecule has 3 rings (SSSR count). The highest BCUT2D eigenvalue weighted by molar-refractivity contribution is 5.74. The fraction of sp³-hybridized carbons (Fsp3) is 0.278. The summed E-state index contributed by atoms with van der Waals surface area (Å²) in [5, 5.41) is 11.8. The lowest BCUT2D eigenvalue weighted by Crippen LogP contribution is -2.51. The zero-order chi connectivity index (χ0) is 16.8. The van der Waals surface area contributed by atoms with Gasteiger partial charge in [0.15, 0.2) is 0 Å². The number of piperazine rings is 1. The highest BCUT2D eigenvalue weighted by Gasteiger charge is 2.21. The van der Waals surface area contributed by atoms with Gasteiger partial charge in [0.1, 0.15) is 11.9 Å². The summed E-state index contributed by atoms with van der Waals surface area (Å²) in [5.74, 6) is 0.846. The molecule has 2 heterocycles. The fourth-order valence-electron chi connectivity index (χ4n) is 2.66. The van der Waals surface area contributed by atoms with Crippen molar-refractivity contribution in [2.45, 2.75) is 6.54 Å². The van der Waals surface area contributed by atoms with Crippen molar-refractivity contribution < 1.29 is 4.79 Å². The molecule has 1 aliphatic heterocycles. The van der Waals surface area contributed by atoms with Crippen LogP contribution < -0.4 is 10.2 Å². The monoisotopic (exact) mass is 321 g/mol. The van der Waals surface area contributed by atoms with E-state index in [2.05, 4.69) is 21.3 Å². The number of hydrogen-bond acceptors (Lipinski definition) is 4. The summed E-state index contributed by atoms with van der Waals surface area (Å²) < 4.78 is 0. The molecule has 0 spiro atoms. The Bertz CT molecular complexity index is 715. The lowest BCUT2D eigenvalue weighted by Gasteiger charge is -2.35. The quantitative estimate of drug-likeness (QED) is 0.938. The Morgan fingerprint density at radius 3 is 2.50 bits per heavy atom. The molecule has 2 amide bonds. The summed E-state index contributed by atoms with van der Waals surface area (Å²) >= 11 is 0. The van der Waals surface area contributed by atoms with Crippen LogP contribution >= 0.6 is 0 Å². The van der Waals surface area contributed by atoms with E-state index in [1.54, 1.807) is 12.3 Å². The highest BCUT2D eigenvalue weighted by Crippen LogP contribution is 2.14. The number of pyridine rings is 1. The van der Waals surface area contributed by atoms with Crippen LogP contribution in [0.5, 0.6) is 0 Å². The molecule has 24 heavy (non-hydrogen) atoms. The van der Waals surface area contributed by atoms with Crippen LogP contribution in [0.4, 0.5) is 10.6 Å². The van der Waals surface area contributed by atoms with Gasteiger partial charge in [0.05, 0.1) is 5.56 Å². The van der Waals surface area contributed by atoms with Gasteiger partial charge in [-0.3, -0.25) is 0 Å². The van der Waals surface area contributed by atoms with Crippen LogP contribution in [0.1, 0.15) is 11.1 Å². The largest absolute Gasteiger partial charge is 0.353 e. The number of amides is 2. The number of carbonyl (C=O) groups excluding carboxylic acids is 1. The molecular formula is C18H19N5O. The van der Waals surface area contributed by atoms with Crippen LogP contribution in [0.2, 0.25) is 0 Å². The molecule has 1 fully saturated rings. The van der Waals surface area contributed by atoms with E-state index in [1.165, 1.54) is 0 Å². The molecule has 0 bridgehead atoms. The third-order valence-corrected chi connectivity index (χ3v) is 4.05. The van der Waals surface area contributed by atoms with Crippen LogP contribution in [0, 0.1) is 11.3 Å². The van der Waals surface area contributed by atoms with Crippen molar-refractivity contribution in [1.82, 2.24) is 15.2 Å². The number of carbonyl (C=O) groups is 1. The van der Waals surface area contributed by atoms with Gasteiger partial charge in [-0.2, -0.15) is 5.26 Å². The van der Waals surface area contributed by atoms with E-state index in [0.717, 1.165) is 24.5 Å². The summed E-state index contributed by atoms with van der Waals surface area (Å²) in [7, 11) is 0. The van der Waals surface area contributed by atoms with E-state index in [-0.39, 0.29) is 6.03 Å². The molecule has 2 aromatic rings. The molecule has 1 N–H and O–H groups in total. The number of hydrogen-bond donors (Lipinski definition) is 1. The minimum atomic E-state index is -0.0358. The molecule has 1 aromatic carbocycles. The number of urea groups is 1. The Morgan fingerprint density at radius 1 is 1.12 bits per heavy atom. The smallest absolute Gasteiger partial charge is 0.317 e. The maximum absolute atomic E-state index is 12.2. The third-order valence-electron chi connectivity index (χ3n) is 4.05. The van der Waals surface area contributed by atoms with Crippen molar-refractivity contribution >= 4 is 11.8 Å². The highest BCUT2D eigenvalue weighted by atomic mass is 16.2. The van der Waals surface area contributed by atoms with Gasteiger partial charge in [0.25, 0.3) is 0 Å². The molecule has 1 aromatic heterocycles. The second kappa shape index (κ2) is 7.47. The first-order chi connectivity index (χ1) is 11.8. The number of nitrogens with zero attached hydrogens (tertiary/aromatic N) is 4. The van der Waals surface area contributed by atoms with Crippen molar-refractivity contribution in [2.24, 2.45) is 0 Å².